The van der Waals surface area contributed by atoms with Crippen molar-refractivity contribution >= 4 is 22.8 Å². The summed E-state index contributed by atoms with van der Waals surface area (Å²) in [5.74, 6) is 1.83. The monoisotopic (exact) mass is 533 g/mol. The summed E-state index contributed by atoms with van der Waals surface area (Å²) in [6, 6.07) is 9.40. The van der Waals surface area contributed by atoms with Gasteiger partial charge in [0.1, 0.15) is 0 Å². The SMILES string of the molecule is CCOC(=O)CCC(=O)c1nc2ccccc2n([C@H]2C[C@H]3CCC[C@@H](C2)N3C2CC3CC(C)CC(C3)C2)c1=O. The number of ketones is 1. The van der Waals surface area contributed by atoms with Crippen LogP contribution in [0.4, 0.5) is 0 Å². The first-order valence-electron chi connectivity index (χ1n) is 15.4. The van der Waals surface area contributed by atoms with Gasteiger partial charge in [0.15, 0.2) is 11.5 Å². The Kier molecular flexibility index (Phi) is 7.62. The molecule has 7 nitrogen and oxygen atoms in total. The van der Waals surface area contributed by atoms with Crippen molar-refractivity contribution in [2.75, 3.05) is 6.61 Å². The molecule has 1 aromatic heterocycles. The first-order valence-corrected chi connectivity index (χ1v) is 15.4. The van der Waals surface area contributed by atoms with Gasteiger partial charge in [-0.1, -0.05) is 25.5 Å². The number of piperidine rings is 2. The standard InChI is InChI=1S/C32H43N3O4/c1-3-39-30(37)12-11-29(36)31-32(38)35(28-10-5-4-9-27(28)33-31)26-18-23-7-6-8-24(19-26)34(23)25-16-21-13-20(2)14-22(15-21)17-25/h4-5,9-10,20-26H,3,6-8,11-19H2,1-2H3/t20?,21?,22?,23-,24+,25?,26+. The number of carbonyl (C=O) groups is 2. The van der Waals surface area contributed by atoms with Crippen LogP contribution in [0.25, 0.3) is 11.0 Å². The molecule has 2 unspecified atom stereocenters. The number of hydrogen-bond donors (Lipinski definition) is 0. The maximum Gasteiger partial charge on any atom is 0.306 e. The number of benzene rings is 1. The van der Waals surface area contributed by atoms with Crippen LogP contribution in [-0.4, -0.2) is 50.9 Å². The minimum absolute atomic E-state index is 0.0364. The highest BCUT2D eigenvalue weighted by atomic mass is 16.5. The van der Waals surface area contributed by atoms with Gasteiger partial charge in [0.2, 0.25) is 0 Å². The lowest BCUT2D eigenvalue weighted by Gasteiger charge is -2.55. The van der Waals surface area contributed by atoms with Crippen molar-refractivity contribution in [2.45, 2.75) is 115 Å². The molecule has 210 valence electrons. The minimum atomic E-state index is -0.423. The summed E-state index contributed by atoms with van der Waals surface area (Å²) in [5.41, 5.74) is 1.13. The Bertz CT molecular complexity index is 1260. The topological polar surface area (TPSA) is 81.5 Å². The second-order valence-corrected chi connectivity index (χ2v) is 12.8. The number of fused-ring (bicyclic) bond motifs is 5. The number of rotatable bonds is 7. The van der Waals surface area contributed by atoms with E-state index in [1.807, 2.05) is 28.8 Å². The molecule has 0 spiro atoms. The van der Waals surface area contributed by atoms with Gasteiger partial charge in [-0.2, -0.15) is 0 Å². The van der Waals surface area contributed by atoms with Crippen LogP contribution in [0.3, 0.4) is 0 Å². The Morgan fingerprint density at radius 1 is 0.897 bits per heavy atom. The maximum absolute atomic E-state index is 13.9. The quantitative estimate of drug-likeness (QED) is 0.336. The minimum Gasteiger partial charge on any atom is -0.466 e. The summed E-state index contributed by atoms with van der Waals surface area (Å²) in [7, 11) is 0. The van der Waals surface area contributed by atoms with Crippen LogP contribution in [0.5, 0.6) is 0 Å². The van der Waals surface area contributed by atoms with E-state index in [9.17, 15) is 14.4 Å². The van der Waals surface area contributed by atoms with E-state index in [-0.39, 0.29) is 42.5 Å². The lowest BCUT2D eigenvalue weighted by atomic mass is 9.65. The smallest absolute Gasteiger partial charge is 0.306 e. The second kappa shape index (κ2) is 11.1. The lowest BCUT2D eigenvalue weighted by Crippen LogP contribution is -2.59. The van der Waals surface area contributed by atoms with Gasteiger partial charge in [-0.05, 0) is 94.6 Å². The highest BCUT2D eigenvalue weighted by Gasteiger charge is 2.46. The van der Waals surface area contributed by atoms with Crippen LogP contribution < -0.4 is 5.56 Å². The summed E-state index contributed by atoms with van der Waals surface area (Å²) in [6.07, 6.45) is 12.3. The highest BCUT2D eigenvalue weighted by Crippen LogP contribution is 2.48. The molecule has 0 N–H and O–H groups in total. The van der Waals surface area contributed by atoms with Crippen LogP contribution in [0.2, 0.25) is 0 Å². The average Bonchev–Trinajstić information content (AvgIpc) is 2.90. The van der Waals surface area contributed by atoms with E-state index in [0.717, 1.165) is 36.1 Å². The fraction of sp³-hybridized carbons (Fsp3) is 0.688. The van der Waals surface area contributed by atoms with Crippen LogP contribution in [0.15, 0.2) is 29.1 Å². The molecular weight excluding hydrogens is 490 g/mol. The van der Waals surface area contributed by atoms with E-state index < -0.39 is 5.97 Å². The fourth-order valence-electron chi connectivity index (χ4n) is 8.85. The molecule has 3 heterocycles. The third-order valence-electron chi connectivity index (χ3n) is 10.1. The Balaban J connectivity index is 1.28. The third kappa shape index (κ3) is 5.31. The number of para-hydroxylation sites is 2. The van der Waals surface area contributed by atoms with Gasteiger partial charge in [-0.3, -0.25) is 19.3 Å². The van der Waals surface area contributed by atoms with Crippen molar-refractivity contribution in [1.82, 2.24) is 14.5 Å². The van der Waals surface area contributed by atoms with Crippen molar-refractivity contribution in [1.29, 1.82) is 0 Å². The van der Waals surface area contributed by atoms with Crippen molar-refractivity contribution < 1.29 is 14.3 Å². The highest BCUT2D eigenvalue weighted by molar-refractivity contribution is 5.97. The number of Topliss-reactive ketones (excluding diaryl/α,β-unsaturated/α-hetero) is 1. The molecule has 7 heteroatoms. The van der Waals surface area contributed by atoms with E-state index in [4.69, 9.17) is 4.74 Å². The van der Waals surface area contributed by atoms with Gasteiger partial charge >= 0.3 is 5.97 Å². The zero-order valence-electron chi connectivity index (χ0n) is 23.5. The number of hydrogen-bond acceptors (Lipinski definition) is 6. The van der Waals surface area contributed by atoms with E-state index in [2.05, 4.69) is 16.8 Å². The average molecular weight is 534 g/mol. The number of nitrogens with zero attached hydrogens (tertiary/aromatic N) is 3. The van der Waals surface area contributed by atoms with E-state index >= 15 is 0 Å². The number of esters is 1. The fourth-order valence-corrected chi connectivity index (χ4v) is 8.85. The molecule has 4 aliphatic rings. The van der Waals surface area contributed by atoms with Gasteiger partial charge in [0.25, 0.3) is 5.56 Å². The summed E-state index contributed by atoms with van der Waals surface area (Å²) in [6.45, 7) is 4.45. The Labute approximate surface area is 231 Å². The van der Waals surface area contributed by atoms with Gasteiger partial charge in [0, 0.05) is 30.6 Å². The lowest BCUT2D eigenvalue weighted by molar-refractivity contribution is -0.143. The van der Waals surface area contributed by atoms with Gasteiger partial charge in [-0.15, -0.1) is 0 Å². The molecule has 2 aromatic rings. The molecule has 2 saturated heterocycles. The van der Waals surface area contributed by atoms with Crippen molar-refractivity contribution in [3.8, 4) is 0 Å². The molecule has 0 radical (unpaired) electrons. The first kappa shape index (κ1) is 26.7. The van der Waals surface area contributed by atoms with Crippen LogP contribution in [-0.2, 0) is 9.53 Å². The van der Waals surface area contributed by atoms with Crippen molar-refractivity contribution in [3.05, 3.63) is 40.3 Å². The Morgan fingerprint density at radius 2 is 1.59 bits per heavy atom. The van der Waals surface area contributed by atoms with Crippen molar-refractivity contribution in [3.63, 3.8) is 0 Å². The molecule has 5 atom stereocenters. The predicted octanol–water partition coefficient (Wildman–Crippen LogP) is 5.70. The molecule has 4 bridgehead atoms. The number of carbonyl (C=O) groups excluding carboxylic acids is 2. The second-order valence-electron chi connectivity index (χ2n) is 12.8. The number of aromatic nitrogens is 2. The summed E-state index contributed by atoms with van der Waals surface area (Å²) in [4.78, 5) is 46.3. The molecule has 4 fully saturated rings. The molecule has 39 heavy (non-hydrogen) atoms. The third-order valence-corrected chi connectivity index (χ3v) is 10.1. The molecule has 1 aromatic carbocycles. The zero-order chi connectivity index (χ0) is 27.1. The van der Waals surface area contributed by atoms with Crippen molar-refractivity contribution in [2.24, 2.45) is 17.8 Å². The molecule has 2 saturated carbocycles. The molecular formula is C32H43N3O4. The van der Waals surface area contributed by atoms with Gasteiger partial charge in [-0.25, -0.2) is 4.98 Å². The summed E-state index contributed by atoms with van der Waals surface area (Å²) < 4.78 is 6.87. The van der Waals surface area contributed by atoms with Gasteiger partial charge in [0.05, 0.1) is 24.1 Å². The Hall–Kier alpha value is -2.54. The van der Waals surface area contributed by atoms with Crippen LogP contribution in [0, 0.1) is 17.8 Å². The predicted molar refractivity (Wildman–Crippen MR) is 151 cm³/mol. The first-order chi connectivity index (χ1) is 18.9. The maximum atomic E-state index is 13.9. The van der Waals surface area contributed by atoms with Crippen LogP contribution >= 0.6 is 0 Å². The van der Waals surface area contributed by atoms with Gasteiger partial charge < -0.3 is 9.30 Å². The normalized spacial score (nSPS) is 32.6. The largest absolute Gasteiger partial charge is 0.466 e. The molecule has 2 aliphatic carbocycles. The van der Waals surface area contributed by atoms with E-state index in [0.29, 0.717) is 23.6 Å². The zero-order valence-corrected chi connectivity index (χ0v) is 23.5. The molecule has 6 rings (SSSR count). The van der Waals surface area contributed by atoms with Crippen LogP contribution in [0.1, 0.15) is 107 Å². The van der Waals surface area contributed by atoms with E-state index in [1.165, 1.54) is 51.4 Å². The summed E-state index contributed by atoms with van der Waals surface area (Å²) in [5, 5.41) is 0. The molecule has 0 amide bonds. The number of ether oxygens (including phenoxy) is 1. The summed E-state index contributed by atoms with van der Waals surface area (Å²) >= 11 is 0. The van der Waals surface area contributed by atoms with E-state index in [1.54, 1.807) is 6.92 Å². The Morgan fingerprint density at radius 3 is 2.28 bits per heavy atom. The molecule has 2 aliphatic heterocycles.